The third-order valence-electron chi connectivity index (χ3n) is 3.39. The predicted molar refractivity (Wildman–Crippen MR) is 93.5 cm³/mol. The molecule has 24 heavy (non-hydrogen) atoms. The van der Waals surface area contributed by atoms with Crippen molar-refractivity contribution in [3.63, 3.8) is 0 Å². The van der Waals surface area contributed by atoms with Crippen molar-refractivity contribution in [3.05, 3.63) is 64.7 Å². The lowest BCUT2D eigenvalue weighted by Gasteiger charge is -2.08. The summed E-state index contributed by atoms with van der Waals surface area (Å²) in [4.78, 5) is 23.7. The molecule has 0 spiro atoms. The quantitative estimate of drug-likeness (QED) is 0.809. The monoisotopic (exact) mass is 346 g/mol. The molecular formula is C18H19ClN2O3. The van der Waals surface area contributed by atoms with Gasteiger partial charge in [0.05, 0.1) is 13.7 Å². The lowest BCUT2D eigenvalue weighted by atomic mass is 10.1. The third kappa shape index (κ3) is 5.59. The van der Waals surface area contributed by atoms with Crippen molar-refractivity contribution in [3.8, 4) is 5.75 Å². The van der Waals surface area contributed by atoms with Gasteiger partial charge in [-0.2, -0.15) is 0 Å². The molecule has 0 aliphatic heterocycles. The summed E-state index contributed by atoms with van der Waals surface area (Å²) < 4.78 is 5.09. The average molecular weight is 347 g/mol. The number of ether oxygens (including phenoxy) is 1. The summed E-state index contributed by atoms with van der Waals surface area (Å²) in [5.41, 5.74) is 1.52. The highest BCUT2D eigenvalue weighted by Gasteiger charge is 2.08. The van der Waals surface area contributed by atoms with Crippen molar-refractivity contribution < 1.29 is 14.3 Å². The maximum Gasteiger partial charge on any atom is 0.251 e. The first kappa shape index (κ1) is 17.8. The van der Waals surface area contributed by atoms with Crippen LogP contribution in [-0.4, -0.2) is 32.0 Å². The molecule has 2 aromatic rings. The topological polar surface area (TPSA) is 67.4 Å². The average Bonchev–Trinajstić information content (AvgIpc) is 2.60. The van der Waals surface area contributed by atoms with Gasteiger partial charge in [0, 0.05) is 17.1 Å². The van der Waals surface area contributed by atoms with Gasteiger partial charge in [-0.15, -0.1) is 0 Å². The molecule has 2 rings (SSSR count). The Hall–Kier alpha value is -2.53. The molecule has 0 saturated carbocycles. The maximum absolute atomic E-state index is 11.9. The van der Waals surface area contributed by atoms with Crippen LogP contribution >= 0.6 is 11.6 Å². The number of carbonyl (C=O) groups is 2. The minimum Gasteiger partial charge on any atom is -0.497 e. The fraction of sp³-hybridized carbons (Fsp3) is 0.222. The summed E-state index contributed by atoms with van der Waals surface area (Å²) in [5.74, 6) is 0.230. The van der Waals surface area contributed by atoms with Gasteiger partial charge in [0.1, 0.15) is 5.75 Å². The number of benzene rings is 2. The highest BCUT2D eigenvalue weighted by molar-refractivity contribution is 6.30. The Bertz CT molecular complexity index is 702. The van der Waals surface area contributed by atoms with Crippen molar-refractivity contribution in [2.75, 3.05) is 20.2 Å². The summed E-state index contributed by atoms with van der Waals surface area (Å²) in [6, 6.07) is 14.2. The smallest absolute Gasteiger partial charge is 0.251 e. The van der Waals surface area contributed by atoms with Crippen LogP contribution in [0.5, 0.6) is 5.75 Å². The molecule has 0 atom stereocenters. The first-order chi connectivity index (χ1) is 11.6. The van der Waals surface area contributed by atoms with Crippen molar-refractivity contribution in [1.82, 2.24) is 10.6 Å². The van der Waals surface area contributed by atoms with Crippen LogP contribution in [0.4, 0.5) is 0 Å². The van der Waals surface area contributed by atoms with Gasteiger partial charge in [-0.05, 0) is 42.3 Å². The normalized spacial score (nSPS) is 10.1. The molecule has 5 nitrogen and oxygen atoms in total. The lowest BCUT2D eigenvalue weighted by Crippen LogP contribution is -2.37. The fourth-order valence-electron chi connectivity index (χ4n) is 2.09. The second-order valence-electron chi connectivity index (χ2n) is 5.14. The van der Waals surface area contributed by atoms with Crippen LogP contribution < -0.4 is 15.4 Å². The standard InChI is InChI=1S/C18H19ClN2O3/c1-24-16-7-5-13(6-8-16)9-10-20-17(22)12-21-18(23)14-3-2-4-15(19)11-14/h2-8,11H,9-10,12H2,1H3,(H,20,22)(H,21,23). The zero-order valence-electron chi connectivity index (χ0n) is 13.3. The second kappa shape index (κ2) is 8.93. The number of rotatable bonds is 7. The van der Waals surface area contributed by atoms with E-state index < -0.39 is 0 Å². The molecule has 0 aliphatic rings. The van der Waals surface area contributed by atoms with Crippen LogP contribution in [-0.2, 0) is 11.2 Å². The van der Waals surface area contributed by atoms with Gasteiger partial charge in [0.2, 0.25) is 5.91 Å². The number of hydrogen-bond donors (Lipinski definition) is 2. The number of amides is 2. The summed E-state index contributed by atoms with van der Waals surface area (Å²) in [6.45, 7) is 0.423. The highest BCUT2D eigenvalue weighted by Crippen LogP contribution is 2.11. The van der Waals surface area contributed by atoms with Crippen LogP contribution in [0.15, 0.2) is 48.5 Å². The molecule has 0 fully saturated rings. The zero-order valence-corrected chi connectivity index (χ0v) is 14.1. The highest BCUT2D eigenvalue weighted by atomic mass is 35.5. The van der Waals surface area contributed by atoms with Gasteiger partial charge >= 0.3 is 0 Å². The first-order valence-corrected chi connectivity index (χ1v) is 7.89. The summed E-state index contributed by atoms with van der Waals surface area (Å²) in [6.07, 6.45) is 0.706. The van der Waals surface area contributed by atoms with E-state index in [0.717, 1.165) is 11.3 Å². The molecule has 126 valence electrons. The molecule has 2 amide bonds. The van der Waals surface area contributed by atoms with Gasteiger partial charge in [0.15, 0.2) is 0 Å². The SMILES string of the molecule is COc1ccc(CCNC(=O)CNC(=O)c2cccc(Cl)c2)cc1. The van der Waals surface area contributed by atoms with E-state index in [4.69, 9.17) is 16.3 Å². The second-order valence-corrected chi connectivity index (χ2v) is 5.58. The van der Waals surface area contributed by atoms with Crippen molar-refractivity contribution in [2.24, 2.45) is 0 Å². The molecule has 6 heteroatoms. The molecule has 0 radical (unpaired) electrons. The number of hydrogen-bond acceptors (Lipinski definition) is 3. The Morgan fingerprint density at radius 1 is 1.08 bits per heavy atom. The summed E-state index contributed by atoms with van der Waals surface area (Å²) >= 11 is 5.83. The number of methoxy groups -OCH3 is 1. The lowest BCUT2D eigenvalue weighted by molar-refractivity contribution is -0.120. The zero-order chi connectivity index (χ0) is 17.4. The van der Waals surface area contributed by atoms with Gasteiger partial charge < -0.3 is 15.4 Å². The Morgan fingerprint density at radius 3 is 2.50 bits per heavy atom. The Morgan fingerprint density at radius 2 is 1.83 bits per heavy atom. The van der Waals surface area contributed by atoms with E-state index in [1.165, 1.54) is 0 Å². The van der Waals surface area contributed by atoms with Gasteiger partial charge in [-0.25, -0.2) is 0 Å². The van der Waals surface area contributed by atoms with E-state index >= 15 is 0 Å². The number of nitrogens with one attached hydrogen (secondary N) is 2. The van der Waals surface area contributed by atoms with Crippen LogP contribution in [0.1, 0.15) is 15.9 Å². The molecule has 0 heterocycles. The molecule has 0 unspecified atom stereocenters. The molecule has 0 bridgehead atoms. The Labute approximate surface area is 146 Å². The van der Waals surface area contributed by atoms with Crippen LogP contribution in [0.3, 0.4) is 0 Å². The predicted octanol–water partition coefficient (Wildman–Crippen LogP) is 2.44. The van der Waals surface area contributed by atoms with Crippen molar-refractivity contribution >= 4 is 23.4 Å². The van der Waals surface area contributed by atoms with Crippen molar-refractivity contribution in [1.29, 1.82) is 0 Å². The van der Waals surface area contributed by atoms with Crippen LogP contribution in [0.2, 0.25) is 5.02 Å². The van der Waals surface area contributed by atoms with Gasteiger partial charge in [-0.3, -0.25) is 9.59 Å². The Balaban J connectivity index is 1.70. The van der Waals surface area contributed by atoms with Crippen LogP contribution in [0, 0.1) is 0 Å². The minimum atomic E-state index is -0.331. The van der Waals surface area contributed by atoms with Gasteiger partial charge in [0.25, 0.3) is 5.91 Å². The van der Waals surface area contributed by atoms with E-state index in [9.17, 15) is 9.59 Å². The van der Waals surface area contributed by atoms with E-state index in [1.807, 2.05) is 24.3 Å². The fourth-order valence-corrected chi connectivity index (χ4v) is 2.28. The molecular weight excluding hydrogens is 328 g/mol. The molecule has 2 aromatic carbocycles. The van der Waals surface area contributed by atoms with E-state index in [-0.39, 0.29) is 18.4 Å². The Kier molecular flexibility index (Phi) is 6.63. The minimum absolute atomic E-state index is 0.0754. The van der Waals surface area contributed by atoms with Gasteiger partial charge in [-0.1, -0.05) is 29.8 Å². The van der Waals surface area contributed by atoms with Crippen LogP contribution in [0.25, 0.3) is 0 Å². The summed E-state index contributed by atoms with van der Waals surface area (Å²) in [5, 5.41) is 5.81. The van der Waals surface area contributed by atoms with E-state index in [1.54, 1.807) is 31.4 Å². The molecule has 0 aromatic heterocycles. The third-order valence-corrected chi connectivity index (χ3v) is 3.63. The van der Waals surface area contributed by atoms with Crippen molar-refractivity contribution in [2.45, 2.75) is 6.42 Å². The largest absolute Gasteiger partial charge is 0.497 e. The summed E-state index contributed by atoms with van der Waals surface area (Å²) in [7, 11) is 1.62. The van der Waals surface area contributed by atoms with E-state index in [2.05, 4.69) is 10.6 Å². The maximum atomic E-state index is 11.9. The molecule has 0 aliphatic carbocycles. The van der Waals surface area contributed by atoms with E-state index in [0.29, 0.717) is 23.6 Å². The number of halogens is 1. The number of carbonyl (C=O) groups excluding carboxylic acids is 2. The molecule has 0 saturated heterocycles. The molecule has 2 N–H and O–H groups in total. The first-order valence-electron chi connectivity index (χ1n) is 7.52.